The Morgan fingerprint density at radius 1 is 1.22 bits per heavy atom. The predicted molar refractivity (Wildman–Crippen MR) is 105 cm³/mol. The van der Waals surface area contributed by atoms with Crippen LogP contribution in [0.1, 0.15) is 46.1 Å². The third-order valence-electron chi connectivity index (χ3n) is 2.32. The molecule has 0 atom stereocenters. The maximum atomic E-state index is 5.46. The first-order valence-electron chi connectivity index (χ1n) is 8.28. The lowest BCUT2D eigenvalue weighted by Crippen LogP contribution is -1.98. The lowest BCUT2D eigenvalue weighted by molar-refractivity contribution is 0.118. The van der Waals surface area contributed by atoms with Crippen LogP contribution in [0.3, 0.4) is 0 Å². The highest BCUT2D eigenvalue weighted by Gasteiger charge is 1.89. The summed E-state index contributed by atoms with van der Waals surface area (Å²) in [5, 5.41) is 5.47. The van der Waals surface area contributed by atoms with E-state index in [1.54, 1.807) is 17.4 Å². The van der Waals surface area contributed by atoms with E-state index >= 15 is 0 Å². The number of hydrogen-bond acceptors (Lipinski definition) is 4. The molecule has 0 saturated carbocycles. The van der Waals surface area contributed by atoms with Gasteiger partial charge in [-0.05, 0) is 26.0 Å². The number of benzene rings is 1. The second-order valence-corrected chi connectivity index (χ2v) is 4.02. The van der Waals surface area contributed by atoms with Crippen molar-refractivity contribution in [3.8, 4) is 0 Å². The molecule has 0 aliphatic rings. The summed E-state index contributed by atoms with van der Waals surface area (Å²) in [6.45, 7) is 13.2. The van der Waals surface area contributed by atoms with Crippen molar-refractivity contribution in [1.82, 2.24) is 5.01 Å². The normalized spacial score (nSPS) is 8.65. The summed E-state index contributed by atoms with van der Waals surface area (Å²) in [5.74, 6) is 0. The van der Waals surface area contributed by atoms with Gasteiger partial charge in [-0.15, -0.1) is 0 Å². The molecule has 0 radical (unpaired) electrons. The number of nitrogens with two attached hydrogens (primary N) is 1. The second kappa shape index (κ2) is 25.3. The highest BCUT2D eigenvalue weighted by atomic mass is 16.5. The molecule has 1 aromatic rings. The summed E-state index contributed by atoms with van der Waals surface area (Å²) >= 11 is 0. The van der Waals surface area contributed by atoms with Gasteiger partial charge < -0.3 is 10.5 Å². The first-order valence-corrected chi connectivity index (χ1v) is 8.28. The van der Waals surface area contributed by atoms with Gasteiger partial charge in [0.1, 0.15) is 0 Å². The molecule has 0 bridgehead atoms. The Bertz CT molecular complexity index is 340. The number of hydrogen-bond donors (Lipinski definition) is 1. The lowest BCUT2D eigenvalue weighted by atomic mass is 10.2. The minimum absolute atomic E-state index is 0.751. The Hall–Kier alpha value is -1.65. The Balaban J connectivity index is -0.000000312. The van der Waals surface area contributed by atoms with Gasteiger partial charge in [-0.1, -0.05) is 64.1 Å². The van der Waals surface area contributed by atoms with E-state index in [0.29, 0.717) is 0 Å². The molecule has 1 rings (SSSR count). The average Bonchev–Trinajstić information content (AvgIpc) is 2.64. The van der Waals surface area contributed by atoms with Gasteiger partial charge in [0.05, 0.1) is 6.61 Å². The van der Waals surface area contributed by atoms with E-state index in [1.807, 2.05) is 46.0 Å². The number of rotatable bonds is 7. The molecule has 0 amide bonds. The highest BCUT2D eigenvalue weighted by Crippen LogP contribution is 2.00. The van der Waals surface area contributed by atoms with Crippen LogP contribution in [0, 0.1) is 0 Å². The standard InChI is InChI=1S/C11H16O.C5H10N2.C2H6.CH5N/c1-2-3-9-12-10-11-7-5-4-6-8-11;1-4-6-7(3)5-2;2*1-2/h4-8H,2-3,9-10H2,1H3;4-5H,2H2,1,3H3;1-2H3;2H2,1H3/b;6-4-;;. The Kier molecular flexibility index (Phi) is 28.9. The Morgan fingerprint density at radius 3 is 2.17 bits per heavy atom. The zero-order valence-corrected chi connectivity index (χ0v) is 16.0. The molecule has 134 valence electrons. The van der Waals surface area contributed by atoms with Gasteiger partial charge in [-0.25, -0.2) is 0 Å². The van der Waals surface area contributed by atoms with E-state index < -0.39 is 0 Å². The summed E-state index contributed by atoms with van der Waals surface area (Å²) in [5.41, 5.74) is 5.76. The fourth-order valence-corrected chi connectivity index (χ4v) is 1.24. The van der Waals surface area contributed by atoms with Gasteiger partial charge in [-0.3, -0.25) is 5.01 Å². The van der Waals surface area contributed by atoms with Gasteiger partial charge in [0.15, 0.2) is 0 Å². The third kappa shape index (κ3) is 22.8. The van der Waals surface area contributed by atoms with E-state index in [0.717, 1.165) is 19.6 Å². The predicted octanol–water partition coefficient (Wildman–Crippen LogP) is 4.67. The minimum Gasteiger partial charge on any atom is -0.377 e. The molecule has 0 spiro atoms. The summed E-state index contributed by atoms with van der Waals surface area (Å²) in [6.07, 6.45) is 5.71. The van der Waals surface area contributed by atoms with Gasteiger partial charge in [-0.2, -0.15) is 5.10 Å². The SMILES string of the molecule is C=CN(C)/N=C\C.CC.CCCCOCc1ccccc1.CN. The van der Waals surface area contributed by atoms with Crippen molar-refractivity contribution < 1.29 is 4.74 Å². The summed E-state index contributed by atoms with van der Waals surface area (Å²) < 4.78 is 5.46. The molecule has 4 nitrogen and oxygen atoms in total. The lowest BCUT2D eigenvalue weighted by Gasteiger charge is -2.02. The number of ether oxygens (including phenoxy) is 1. The Morgan fingerprint density at radius 2 is 1.78 bits per heavy atom. The van der Waals surface area contributed by atoms with Crippen molar-refractivity contribution in [3.63, 3.8) is 0 Å². The molecular weight excluding hydrogens is 286 g/mol. The zero-order valence-electron chi connectivity index (χ0n) is 16.0. The molecule has 1 aromatic carbocycles. The van der Waals surface area contributed by atoms with E-state index in [2.05, 4.69) is 36.5 Å². The largest absolute Gasteiger partial charge is 0.377 e. The first-order chi connectivity index (χ1) is 11.2. The van der Waals surface area contributed by atoms with Crippen LogP contribution >= 0.6 is 0 Å². The van der Waals surface area contributed by atoms with Crippen LogP contribution in [0.25, 0.3) is 0 Å². The summed E-state index contributed by atoms with van der Waals surface area (Å²) in [6, 6.07) is 10.3. The first kappa shape index (κ1) is 26.3. The average molecular weight is 324 g/mol. The molecule has 0 unspecified atom stereocenters. The number of hydrazone groups is 1. The van der Waals surface area contributed by atoms with Crippen LogP contribution in [0.5, 0.6) is 0 Å². The molecule has 0 heterocycles. The summed E-state index contributed by atoms with van der Waals surface area (Å²) in [4.78, 5) is 0. The summed E-state index contributed by atoms with van der Waals surface area (Å²) in [7, 11) is 3.33. The second-order valence-electron chi connectivity index (χ2n) is 4.02. The molecule has 0 aliphatic heterocycles. The molecule has 23 heavy (non-hydrogen) atoms. The van der Waals surface area contributed by atoms with Gasteiger partial charge in [0, 0.05) is 26.1 Å². The van der Waals surface area contributed by atoms with Gasteiger partial charge >= 0.3 is 0 Å². The fraction of sp³-hybridized carbons (Fsp3) is 0.526. The van der Waals surface area contributed by atoms with Crippen molar-refractivity contribution in [2.75, 3.05) is 20.7 Å². The van der Waals surface area contributed by atoms with Crippen LogP contribution in [0.15, 0.2) is 48.2 Å². The number of nitrogens with zero attached hydrogens (tertiary/aromatic N) is 2. The zero-order chi connectivity index (χ0) is 18.3. The van der Waals surface area contributed by atoms with E-state index in [1.165, 1.54) is 19.0 Å². The maximum absolute atomic E-state index is 5.46. The topological polar surface area (TPSA) is 50.8 Å². The van der Waals surface area contributed by atoms with Crippen LogP contribution in [0.2, 0.25) is 0 Å². The van der Waals surface area contributed by atoms with E-state index in [9.17, 15) is 0 Å². The molecule has 2 N–H and O–H groups in total. The number of unbranched alkanes of at least 4 members (excludes halogenated alkanes) is 1. The molecule has 4 heteroatoms. The minimum atomic E-state index is 0.751. The van der Waals surface area contributed by atoms with Gasteiger partial charge in [0.25, 0.3) is 0 Å². The smallest absolute Gasteiger partial charge is 0.0716 e. The van der Waals surface area contributed by atoms with Crippen molar-refractivity contribution in [2.24, 2.45) is 10.8 Å². The third-order valence-corrected chi connectivity index (χ3v) is 2.32. The van der Waals surface area contributed by atoms with Crippen molar-refractivity contribution in [1.29, 1.82) is 0 Å². The van der Waals surface area contributed by atoms with Crippen LogP contribution in [-0.2, 0) is 11.3 Å². The van der Waals surface area contributed by atoms with Crippen LogP contribution in [-0.4, -0.2) is 31.9 Å². The van der Waals surface area contributed by atoms with Gasteiger partial charge in [0.2, 0.25) is 0 Å². The van der Waals surface area contributed by atoms with Crippen molar-refractivity contribution in [2.45, 2.75) is 47.1 Å². The quantitative estimate of drug-likeness (QED) is 0.450. The molecular formula is C19H37N3O. The molecule has 0 aliphatic carbocycles. The van der Waals surface area contributed by atoms with E-state index in [-0.39, 0.29) is 0 Å². The van der Waals surface area contributed by atoms with E-state index in [4.69, 9.17) is 4.74 Å². The molecule has 0 saturated heterocycles. The Labute approximate surface area is 144 Å². The van der Waals surface area contributed by atoms with Crippen LogP contribution in [0.4, 0.5) is 0 Å². The fourth-order valence-electron chi connectivity index (χ4n) is 1.24. The highest BCUT2D eigenvalue weighted by molar-refractivity contribution is 5.52. The van der Waals surface area contributed by atoms with Crippen LogP contribution < -0.4 is 5.73 Å². The monoisotopic (exact) mass is 323 g/mol. The van der Waals surface area contributed by atoms with Crippen molar-refractivity contribution in [3.05, 3.63) is 48.7 Å². The molecule has 0 aromatic heterocycles. The van der Waals surface area contributed by atoms with Crippen molar-refractivity contribution >= 4 is 6.21 Å². The maximum Gasteiger partial charge on any atom is 0.0716 e. The molecule has 0 fully saturated rings.